The van der Waals surface area contributed by atoms with Crippen molar-refractivity contribution < 1.29 is 21.6 Å². The van der Waals surface area contributed by atoms with E-state index in [9.17, 15) is 21.6 Å². The van der Waals surface area contributed by atoms with E-state index < -0.39 is 25.9 Å². The number of nitrogens with zero attached hydrogens (tertiary/aromatic N) is 3. The molecule has 166 valence electrons. The summed E-state index contributed by atoms with van der Waals surface area (Å²) in [6.45, 7) is 2.62. The quantitative estimate of drug-likeness (QED) is 0.659. The molecule has 3 aliphatic heterocycles. The normalized spacial score (nSPS) is 28.5. The van der Waals surface area contributed by atoms with Gasteiger partial charge in [-0.15, -0.1) is 0 Å². The van der Waals surface area contributed by atoms with Gasteiger partial charge in [-0.25, -0.2) is 16.8 Å². The van der Waals surface area contributed by atoms with Crippen LogP contribution in [0.4, 0.5) is 0 Å². The summed E-state index contributed by atoms with van der Waals surface area (Å²) < 4.78 is 51.2. The summed E-state index contributed by atoms with van der Waals surface area (Å²) in [7, 11) is -6.66. The Morgan fingerprint density at radius 1 is 0.933 bits per heavy atom. The smallest absolute Gasteiger partial charge is 0.243 e. The zero-order valence-electron chi connectivity index (χ0n) is 17.0. The van der Waals surface area contributed by atoms with Gasteiger partial charge in [-0.1, -0.05) is 24.6 Å². The zero-order chi connectivity index (χ0) is 21.4. The molecule has 2 unspecified atom stereocenters. The minimum atomic E-state index is -3.72. The summed E-state index contributed by atoms with van der Waals surface area (Å²) in [5, 5.41) is 0. The van der Waals surface area contributed by atoms with Crippen molar-refractivity contribution in [1.29, 1.82) is 0 Å². The van der Waals surface area contributed by atoms with Crippen LogP contribution in [-0.4, -0.2) is 93.2 Å². The molecular weight excluding hydrogens is 426 g/mol. The minimum absolute atomic E-state index is 0.0388. The van der Waals surface area contributed by atoms with Crippen molar-refractivity contribution in [3.8, 4) is 0 Å². The number of carbonyl (C=O) groups is 1. The number of carbonyl (C=O) groups excluding carboxylic acids is 1. The minimum Gasteiger partial charge on any atom is -0.339 e. The Balaban J connectivity index is 1.43. The van der Waals surface area contributed by atoms with Crippen molar-refractivity contribution in [2.45, 2.75) is 42.7 Å². The maximum atomic E-state index is 13.3. The van der Waals surface area contributed by atoms with Crippen molar-refractivity contribution in [3.05, 3.63) is 30.3 Å². The van der Waals surface area contributed by atoms with Crippen molar-refractivity contribution in [1.82, 2.24) is 14.1 Å². The van der Waals surface area contributed by atoms with E-state index in [1.165, 1.54) is 4.31 Å². The SMILES string of the molecule is O=C(C1CCCCN1S(=O)(=O)c1ccccc1)N1CCN(C2CCS(=O)(=O)C2)CC1. The predicted octanol–water partition coefficient (Wildman–Crippen LogP) is 0.561. The largest absolute Gasteiger partial charge is 0.339 e. The Morgan fingerprint density at radius 2 is 1.63 bits per heavy atom. The number of amides is 1. The molecule has 0 saturated carbocycles. The number of piperazine rings is 1. The Labute approximate surface area is 178 Å². The topological polar surface area (TPSA) is 95.1 Å². The summed E-state index contributed by atoms with van der Waals surface area (Å²) in [6.07, 6.45) is 2.77. The molecule has 8 nitrogen and oxygen atoms in total. The third-order valence-corrected chi connectivity index (χ3v) is 10.1. The Morgan fingerprint density at radius 3 is 2.27 bits per heavy atom. The van der Waals surface area contributed by atoms with Gasteiger partial charge < -0.3 is 4.90 Å². The van der Waals surface area contributed by atoms with Crippen LogP contribution in [0.2, 0.25) is 0 Å². The maximum absolute atomic E-state index is 13.3. The molecule has 0 radical (unpaired) electrons. The monoisotopic (exact) mass is 455 g/mol. The summed E-state index contributed by atoms with van der Waals surface area (Å²) >= 11 is 0. The first-order valence-electron chi connectivity index (χ1n) is 10.6. The molecule has 3 fully saturated rings. The number of benzene rings is 1. The fourth-order valence-electron chi connectivity index (χ4n) is 4.75. The van der Waals surface area contributed by atoms with E-state index in [0.29, 0.717) is 45.6 Å². The van der Waals surface area contributed by atoms with Gasteiger partial charge in [-0.3, -0.25) is 9.69 Å². The number of hydrogen-bond donors (Lipinski definition) is 0. The van der Waals surface area contributed by atoms with Crippen LogP contribution in [0.15, 0.2) is 35.2 Å². The highest BCUT2D eigenvalue weighted by Crippen LogP contribution is 2.27. The van der Waals surface area contributed by atoms with Crippen LogP contribution >= 0.6 is 0 Å². The van der Waals surface area contributed by atoms with E-state index in [4.69, 9.17) is 0 Å². The first-order valence-corrected chi connectivity index (χ1v) is 13.8. The second-order valence-corrected chi connectivity index (χ2v) is 12.5. The highest BCUT2D eigenvalue weighted by Gasteiger charge is 2.41. The second-order valence-electron chi connectivity index (χ2n) is 8.36. The lowest BCUT2D eigenvalue weighted by atomic mass is 10.0. The molecule has 2 atom stereocenters. The first-order chi connectivity index (χ1) is 14.3. The van der Waals surface area contributed by atoms with E-state index in [1.807, 2.05) is 0 Å². The first kappa shape index (κ1) is 21.7. The van der Waals surface area contributed by atoms with Gasteiger partial charge in [0.05, 0.1) is 16.4 Å². The molecule has 3 saturated heterocycles. The van der Waals surface area contributed by atoms with E-state index >= 15 is 0 Å². The van der Waals surface area contributed by atoms with Crippen molar-refractivity contribution in [2.75, 3.05) is 44.2 Å². The lowest BCUT2D eigenvalue weighted by Crippen LogP contribution is -2.58. The van der Waals surface area contributed by atoms with E-state index in [1.54, 1.807) is 35.2 Å². The molecule has 1 aromatic rings. The fourth-order valence-corrected chi connectivity index (χ4v) is 8.18. The van der Waals surface area contributed by atoms with Gasteiger partial charge in [0, 0.05) is 38.8 Å². The molecule has 0 aromatic heterocycles. The van der Waals surface area contributed by atoms with Crippen LogP contribution in [0.25, 0.3) is 0 Å². The molecule has 10 heteroatoms. The third kappa shape index (κ3) is 4.42. The highest BCUT2D eigenvalue weighted by molar-refractivity contribution is 7.91. The van der Waals surface area contributed by atoms with Gasteiger partial charge in [0.1, 0.15) is 6.04 Å². The number of rotatable bonds is 4. The van der Waals surface area contributed by atoms with Crippen molar-refractivity contribution in [2.24, 2.45) is 0 Å². The van der Waals surface area contributed by atoms with Gasteiger partial charge in [0.15, 0.2) is 9.84 Å². The highest BCUT2D eigenvalue weighted by atomic mass is 32.2. The van der Waals surface area contributed by atoms with Crippen LogP contribution in [0.5, 0.6) is 0 Å². The van der Waals surface area contributed by atoms with Gasteiger partial charge in [-0.05, 0) is 31.4 Å². The predicted molar refractivity (Wildman–Crippen MR) is 113 cm³/mol. The molecular formula is C20H29N3O5S2. The number of sulfone groups is 1. The van der Waals surface area contributed by atoms with Crippen molar-refractivity contribution in [3.63, 3.8) is 0 Å². The van der Waals surface area contributed by atoms with Crippen LogP contribution < -0.4 is 0 Å². The number of sulfonamides is 1. The van der Waals surface area contributed by atoms with Gasteiger partial charge >= 0.3 is 0 Å². The lowest BCUT2D eigenvalue weighted by molar-refractivity contribution is -0.138. The molecule has 3 heterocycles. The van der Waals surface area contributed by atoms with Gasteiger partial charge in [-0.2, -0.15) is 4.31 Å². The maximum Gasteiger partial charge on any atom is 0.243 e. The number of piperidine rings is 1. The van der Waals surface area contributed by atoms with Crippen LogP contribution in [0, 0.1) is 0 Å². The zero-order valence-corrected chi connectivity index (χ0v) is 18.7. The summed E-state index contributed by atoms with van der Waals surface area (Å²) in [5.74, 6) is 0.311. The molecule has 30 heavy (non-hydrogen) atoms. The molecule has 0 aliphatic carbocycles. The van der Waals surface area contributed by atoms with Crippen LogP contribution in [0.1, 0.15) is 25.7 Å². The molecule has 0 N–H and O–H groups in total. The van der Waals surface area contributed by atoms with Gasteiger partial charge in [0.25, 0.3) is 0 Å². The fraction of sp³-hybridized carbons (Fsp3) is 0.650. The second kappa shape index (κ2) is 8.57. The van der Waals surface area contributed by atoms with E-state index in [0.717, 1.165) is 12.8 Å². The molecule has 0 spiro atoms. The third-order valence-electron chi connectivity index (χ3n) is 6.44. The summed E-state index contributed by atoms with van der Waals surface area (Å²) in [5.41, 5.74) is 0. The van der Waals surface area contributed by atoms with E-state index in [2.05, 4.69) is 4.90 Å². The van der Waals surface area contributed by atoms with Crippen molar-refractivity contribution >= 4 is 25.8 Å². The van der Waals surface area contributed by atoms with Crippen LogP contribution in [0.3, 0.4) is 0 Å². The molecule has 3 aliphatic rings. The standard InChI is InChI=1S/C20H29N3O5S2/c24-20(22-13-11-21(12-14-22)17-9-15-29(25,26)16-17)19-8-4-5-10-23(19)30(27,28)18-6-2-1-3-7-18/h1-3,6-7,17,19H,4-5,8-16H2. The molecule has 1 amide bonds. The molecule has 1 aromatic carbocycles. The molecule has 0 bridgehead atoms. The Hall–Kier alpha value is -1.49. The summed E-state index contributed by atoms with van der Waals surface area (Å²) in [6, 6.07) is 7.66. The Kier molecular flexibility index (Phi) is 6.20. The molecule has 4 rings (SSSR count). The van der Waals surface area contributed by atoms with Gasteiger partial charge in [0.2, 0.25) is 15.9 Å². The summed E-state index contributed by atoms with van der Waals surface area (Å²) in [4.78, 5) is 17.4. The Bertz CT molecular complexity index is 973. The average Bonchev–Trinajstić information content (AvgIpc) is 3.13. The lowest BCUT2D eigenvalue weighted by Gasteiger charge is -2.41. The van der Waals surface area contributed by atoms with E-state index in [-0.39, 0.29) is 28.4 Å². The average molecular weight is 456 g/mol. The number of hydrogen-bond acceptors (Lipinski definition) is 6. The van der Waals surface area contributed by atoms with Crippen LogP contribution in [-0.2, 0) is 24.7 Å².